The zero-order valence-corrected chi connectivity index (χ0v) is 14.5. The second-order valence-electron chi connectivity index (χ2n) is 6.91. The highest BCUT2D eigenvalue weighted by molar-refractivity contribution is 5.89. The summed E-state index contributed by atoms with van der Waals surface area (Å²) in [6.45, 7) is 4.16. The first-order chi connectivity index (χ1) is 12.4. The molecule has 3 rings (SSSR count). The van der Waals surface area contributed by atoms with Gasteiger partial charge in [-0.25, -0.2) is 4.79 Å². The van der Waals surface area contributed by atoms with Gasteiger partial charge in [-0.05, 0) is 56.5 Å². The van der Waals surface area contributed by atoms with E-state index in [1.807, 2.05) is 0 Å². The van der Waals surface area contributed by atoms with E-state index >= 15 is 0 Å². The number of carbonyl (C=O) groups excluding carboxylic acids is 1. The first-order valence-electron chi connectivity index (χ1n) is 8.96. The van der Waals surface area contributed by atoms with Crippen LogP contribution in [0.1, 0.15) is 24.8 Å². The number of carbonyl (C=O) groups is 1. The van der Waals surface area contributed by atoms with Crippen LogP contribution in [-0.2, 0) is 10.9 Å². The van der Waals surface area contributed by atoms with Gasteiger partial charge in [-0.1, -0.05) is 6.07 Å². The van der Waals surface area contributed by atoms with Crippen molar-refractivity contribution in [1.29, 1.82) is 0 Å². The summed E-state index contributed by atoms with van der Waals surface area (Å²) in [6, 6.07) is 4.68. The SMILES string of the molecule is O=C(NCC1CCN([C@H]2CCOC2)CC1)Nc1cccc(C(F)(F)F)c1. The quantitative estimate of drug-likeness (QED) is 0.854. The molecule has 2 N–H and O–H groups in total. The molecule has 2 aliphatic rings. The van der Waals surface area contributed by atoms with E-state index in [2.05, 4.69) is 15.5 Å². The van der Waals surface area contributed by atoms with Crippen molar-refractivity contribution in [2.75, 3.05) is 38.2 Å². The monoisotopic (exact) mass is 371 g/mol. The zero-order chi connectivity index (χ0) is 18.6. The number of hydrogen-bond acceptors (Lipinski definition) is 3. The summed E-state index contributed by atoms with van der Waals surface area (Å²) < 4.78 is 43.5. The van der Waals surface area contributed by atoms with Gasteiger partial charge in [0, 0.05) is 24.9 Å². The maximum atomic E-state index is 12.7. The minimum absolute atomic E-state index is 0.133. The van der Waals surface area contributed by atoms with Gasteiger partial charge in [-0.3, -0.25) is 4.90 Å². The fourth-order valence-corrected chi connectivity index (χ4v) is 3.52. The molecule has 2 fully saturated rings. The number of rotatable bonds is 4. The van der Waals surface area contributed by atoms with Crippen molar-refractivity contribution >= 4 is 11.7 Å². The fourth-order valence-electron chi connectivity index (χ4n) is 3.52. The summed E-state index contributed by atoms with van der Waals surface area (Å²) >= 11 is 0. The Kier molecular flexibility index (Phi) is 6.03. The lowest BCUT2D eigenvalue weighted by Crippen LogP contribution is -2.44. The number of nitrogens with zero attached hydrogens (tertiary/aromatic N) is 1. The first kappa shape index (κ1) is 19.0. The van der Waals surface area contributed by atoms with Gasteiger partial charge in [0.25, 0.3) is 0 Å². The van der Waals surface area contributed by atoms with Gasteiger partial charge in [0.15, 0.2) is 0 Å². The number of halogens is 3. The number of urea groups is 1. The van der Waals surface area contributed by atoms with Crippen molar-refractivity contribution in [3.8, 4) is 0 Å². The molecule has 1 atom stereocenters. The molecule has 0 saturated carbocycles. The van der Waals surface area contributed by atoms with E-state index in [-0.39, 0.29) is 5.69 Å². The summed E-state index contributed by atoms with van der Waals surface area (Å²) in [7, 11) is 0. The molecule has 26 heavy (non-hydrogen) atoms. The van der Waals surface area contributed by atoms with E-state index in [1.165, 1.54) is 12.1 Å². The molecule has 2 saturated heterocycles. The predicted molar refractivity (Wildman–Crippen MR) is 92.0 cm³/mol. The number of amides is 2. The van der Waals surface area contributed by atoms with Gasteiger partial charge >= 0.3 is 12.2 Å². The van der Waals surface area contributed by atoms with E-state index in [9.17, 15) is 18.0 Å². The van der Waals surface area contributed by atoms with Crippen LogP contribution in [0.15, 0.2) is 24.3 Å². The normalized spacial score (nSPS) is 22.3. The summed E-state index contributed by atoms with van der Waals surface area (Å²) in [4.78, 5) is 14.4. The van der Waals surface area contributed by atoms with E-state index in [0.29, 0.717) is 18.5 Å². The molecule has 2 aliphatic heterocycles. The maximum Gasteiger partial charge on any atom is 0.416 e. The van der Waals surface area contributed by atoms with Crippen LogP contribution < -0.4 is 10.6 Å². The number of nitrogens with one attached hydrogen (secondary N) is 2. The third-order valence-electron chi connectivity index (χ3n) is 5.07. The fraction of sp³-hybridized carbons (Fsp3) is 0.611. The van der Waals surface area contributed by atoms with Crippen LogP contribution in [0.5, 0.6) is 0 Å². The van der Waals surface area contributed by atoms with Crippen molar-refractivity contribution in [2.45, 2.75) is 31.5 Å². The number of alkyl halides is 3. The highest BCUT2D eigenvalue weighted by atomic mass is 19.4. The number of anilines is 1. The van der Waals surface area contributed by atoms with Crippen LogP contribution in [0.2, 0.25) is 0 Å². The highest BCUT2D eigenvalue weighted by Gasteiger charge is 2.30. The standard InChI is InChI=1S/C18H24F3N3O2/c19-18(20,21)14-2-1-3-15(10-14)23-17(25)22-11-13-4-7-24(8-5-13)16-6-9-26-12-16/h1-3,10,13,16H,4-9,11-12H2,(H2,22,23,25)/t16-/m0/s1. The molecule has 144 valence electrons. The van der Waals surface area contributed by atoms with E-state index < -0.39 is 17.8 Å². The maximum absolute atomic E-state index is 12.7. The third kappa shape index (κ3) is 5.11. The number of benzene rings is 1. The van der Waals surface area contributed by atoms with Crippen molar-refractivity contribution in [3.63, 3.8) is 0 Å². The van der Waals surface area contributed by atoms with Crippen molar-refractivity contribution in [1.82, 2.24) is 10.2 Å². The van der Waals surface area contributed by atoms with E-state index in [4.69, 9.17) is 4.74 Å². The predicted octanol–water partition coefficient (Wildman–Crippen LogP) is 3.33. The van der Waals surface area contributed by atoms with Gasteiger partial charge in [0.1, 0.15) is 0 Å². The van der Waals surface area contributed by atoms with Gasteiger partial charge in [0.2, 0.25) is 0 Å². The summed E-state index contributed by atoms with van der Waals surface area (Å²) in [6.07, 6.45) is -1.34. The van der Waals surface area contributed by atoms with Crippen LogP contribution in [0.25, 0.3) is 0 Å². The Morgan fingerprint density at radius 2 is 2.00 bits per heavy atom. The van der Waals surface area contributed by atoms with Gasteiger partial charge < -0.3 is 15.4 Å². The Hall–Kier alpha value is -1.80. The van der Waals surface area contributed by atoms with Crippen molar-refractivity contribution in [3.05, 3.63) is 29.8 Å². The van der Waals surface area contributed by atoms with Crippen LogP contribution in [0, 0.1) is 5.92 Å². The molecule has 0 spiro atoms. The Bertz CT molecular complexity index is 610. The molecule has 5 nitrogen and oxygen atoms in total. The molecule has 2 heterocycles. The molecular formula is C18H24F3N3O2. The molecule has 0 aliphatic carbocycles. The average Bonchev–Trinajstić information content (AvgIpc) is 3.14. The Morgan fingerprint density at radius 1 is 1.23 bits per heavy atom. The Morgan fingerprint density at radius 3 is 2.65 bits per heavy atom. The topological polar surface area (TPSA) is 53.6 Å². The van der Waals surface area contributed by atoms with Crippen LogP contribution in [0.3, 0.4) is 0 Å². The van der Waals surface area contributed by atoms with Gasteiger partial charge in [-0.15, -0.1) is 0 Å². The zero-order valence-electron chi connectivity index (χ0n) is 14.5. The molecule has 8 heteroatoms. The second-order valence-corrected chi connectivity index (χ2v) is 6.91. The number of piperidine rings is 1. The smallest absolute Gasteiger partial charge is 0.380 e. The minimum Gasteiger partial charge on any atom is -0.380 e. The average molecular weight is 371 g/mol. The lowest BCUT2D eigenvalue weighted by Gasteiger charge is -2.35. The lowest BCUT2D eigenvalue weighted by atomic mass is 9.95. The molecule has 2 amide bonds. The van der Waals surface area contributed by atoms with E-state index in [1.54, 1.807) is 0 Å². The Balaban J connectivity index is 1.41. The van der Waals surface area contributed by atoms with Crippen molar-refractivity contribution in [2.24, 2.45) is 5.92 Å². The summed E-state index contributed by atoms with van der Waals surface area (Å²) in [5.41, 5.74) is -0.646. The first-order valence-corrected chi connectivity index (χ1v) is 8.96. The van der Waals surface area contributed by atoms with Gasteiger partial charge in [-0.2, -0.15) is 13.2 Å². The molecule has 0 bridgehead atoms. The van der Waals surface area contributed by atoms with Crippen LogP contribution in [-0.4, -0.2) is 49.8 Å². The summed E-state index contributed by atoms with van der Waals surface area (Å²) in [5, 5.41) is 5.24. The van der Waals surface area contributed by atoms with Gasteiger partial charge in [0.05, 0.1) is 12.2 Å². The highest BCUT2D eigenvalue weighted by Crippen LogP contribution is 2.30. The molecule has 1 aromatic rings. The number of hydrogen-bond donors (Lipinski definition) is 2. The van der Waals surface area contributed by atoms with Crippen molar-refractivity contribution < 1.29 is 22.7 Å². The third-order valence-corrected chi connectivity index (χ3v) is 5.07. The second kappa shape index (κ2) is 8.26. The molecule has 0 radical (unpaired) electrons. The van der Waals surface area contributed by atoms with E-state index in [0.717, 1.165) is 57.7 Å². The van der Waals surface area contributed by atoms with Crippen LogP contribution >= 0.6 is 0 Å². The largest absolute Gasteiger partial charge is 0.416 e. The van der Waals surface area contributed by atoms with Crippen LogP contribution in [0.4, 0.5) is 23.7 Å². The minimum atomic E-state index is -4.42. The molecular weight excluding hydrogens is 347 g/mol. The molecule has 0 unspecified atom stereocenters. The lowest BCUT2D eigenvalue weighted by molar-refractivity contribution is -0.137. The molecule has 1 aromatic carbocycles. The Labute approximate surface area is 150 Å². The number of ether oxygens (including phenoxy) is 1. The summed E-state index contributed by atoms with van der Waals surface area (Å²) in [5.74, 6) is 0.390. The number of likely N-dealkylation sites (tertiary alicyclic amines) is 1. The molecule has 0 aromatic heterocycles.